The Balaban J connectivity index is 1.46. The molecule has 24 heavy (non-hydrogen) atoms. The molecule has 1 aliphatic rings. The van der Waals surface area contributed by atoms with E-state index in [-0.39, 0.29) is 19.2 Å². The van der Waals surface area contributed by atoms with Gasteiger partial charge in [0.2, 0.25) is 6.79 Å². The van der Waals surface area contributed by atoms with Crippen molar-refractivity contribution in [2.45, 2.75) is 0 Å². The zero-order valence-electron chi connectivity index (χ0n) is 12.7. The number of amides is 2. The first-order chi connectivity index (χ1) is 11.7. The third-order valence-electron chi connectivity index (χ3n) is 3.24. The molecule has 0 aromatic heterocycles. The molecule has 0 unspecified atom stereocenters. The van der Waals surface area contributed by atoms with Crippen molar-refractivity contribution >= 4 is 18.0 Å². The SMILES string of the molecule is O=C(CNC(=O)c1ccccc1)N/N=C/c1ccc2c(c1)OCO2. The molecule has 2 amide bonds. The Morgan fingerprint density at radius 3 is 2.71 bits per heavy atom. The van der Waals surface area contributed by atoms with Crippen LogP contribution in [0, 0.1) is 0 Å². The fourth-order valence-electron chi connectivity index (χ4n) is 2.06. The van der Waals surface area contributed by atoms with E-state index in [2.05, 4.69) is 15.8 Å². The molecule has 3 rings (SSSR count). The van der Waals surface area contributed by atoms with Gasteiger partial charge in [-0.15, -0.1) is 0 Å². The third kappa shape index (κ3) is 3.89. The van der Waals surface area contributed by atoms with E-state index in [0.717, 1.165) is 5.56 Å². The van der Waals surface area contributed by atoms with Crippen LogP contribution in [0.3, 0.4) is 0 Å². The van der Waals surface area contributed by atoms with Gasteiger partial charge in [0.05, 0.1) is 12.8 Å². The summed E-state index contributed by atoms with van der Waals surface area (Å²) in [6.45, 7) is 0.0417. The molecule has 0 aliphatic carbocycles. The summed E-state index contributed by atoms with van der Waals surface area (Å²) in [6, 6.07) is 14.0. The van der Waals surface area contributed by atoms with Gasteiger partial charge < -0.3 is 14.8 Å². The fourth-order valence-corrected chi connectivity index (χ4v) is 2.06. The predicted molar refractivity (Wildman–Crippen MR) is 87.1 cm³/mol. The van der Waals surface area contributed by atoms with E-state index < -0.39 is 5.91 Å². The highest BCUT2D eigenvalue weighted by atomic mass is 16.7. The van der Waals surface area contributed by atoms with Crippen LogP contribution in [0.25, 0.3) is 0 Å². The predicted octanol–water partition coefficient (Wildman–Crippen LogP) is 1.30. The van der Waals surface area contributed by atoms with E-state index >= 15 is 0 Å². The number of fused-ring (bicyclic) bond motifs is 1. The molecule has 2 aromatic carbocycles. The molecule has 0 spiro atoms. The lowest BCUT2D eigenvalue weighted by Gasteiger charge is -2.04. The van der Waals surface area contributed by atoms with Crippen LogP contribution in [0.5, 0.6) is 11.5 Å². The lowest BCUT2D eigenvalue weighted by Crippen LogP contribution is -2.34. The second-order valence-electron chi connectivity index (χ2n) is 4.95. The molecule has 2 aromatic rings. The highest BCUT2D eigenvalue weighted by Crippen LogP contribution is 2.31. The van der Waals surface area contributed by atoms with Crippen molar-refractivity contribution in [3.8, 4) is 11.5 Å². The number of ether oxygens (including phenoxy) is 2. The lowest BCUT2D eigenvalue weighted by molar-refractivity contribution is -0.120. The topological polar surface area (TPSA) is 89.0 Å². The molecule has 1 aliphatic heterocycles. The molecule has 1 heterocycles. The Bertz CT molecular complexity index is 775. The molecule has 0 saturated heterocycles. The number of benzene rings is 2. The summed E-state index contributed by atoms with van der Waals surface area (Å²) in [6.07, 6.45) is 1.48. The fraction of sp³-hybridized carbons (Fsp3) is 0.118. The summed E-state index contributed by atoms with van der Waals surface area (Å²) in [5.74, 6) is 0.585. The number of carbonyl (C=O) groups is 2. The Morgan fingerprint density at radius 1 is 1.08 bits per heavy atom. The van der Waals surface area contributed by atoms with Crippen LogP contribution >= 0.6 is 0 Å². The van der Waals surface area contributed by atoms with Crippen molar-refractivity contribution < 1.29 is 19.1 Å². The molecular weight excluding hydrogens is 310 g/mol. The Kier molecular flexibility index (Phi) is 4.71. The number of carbonyl (C=O) groups excluding carboxylic acids is 2. The number of hydrogen-bond acceptors (Lipinski definition) is 5. The van der Waals surface area contributed by atoms with E-state index in [4.69, 9.17) is 9.47 Å². The molecule has 122 valence electrons. The average Bonchev–Trinajstić information content (AvgIpc) is 3.08. The Labute approximate surface area is 138 Å². The highest BCUT2D eigenvalue weighted by Gasteiger charge is 2.12. The smallest absolute Gasteiger partial charge is 0.259 e. The first kappa shape index (κ1) is 15.5. The van der Waals surface area contributed by atoms with Crippen molar-refractivity contribution in [3.05, 3.63) is 59.7 Å². The normalized spacial score (nSPS) is 12.2. The van der Waals surface area contributed by atoms with E-state index in [9.17, 15) is 9.59 Å². The number of nitrogens with zero attached hydrogens (tertiary/aromatic N) is 1. The van der Waals surface area contributed by atoms with Crippen LogP contribution in [0.4, 0.5) is 0 Å². The molecule has 0 atom stereocenters. The van der Waals surface area contributed by atoms with E-state index in [0.29, 0.717) is 17.1 Å². The van der Waals surface area contributed by atoms with Gasteiger partial charge in [-0.2, -0.15) is 5.10 Å². The van der Waals surface area contributed by atoms with E-state index in [1.54, 1.807) is 42.5 Å². The molecule has 2 N–H and O–H groups in total. The largest absolute Gasteiger partial charge is 0.454 e. The maximum absolute atomic E-state index is 11.8. The van der Waals surface area contributed by atoms with Gasteiger partial charge in [-0.05, 0) is 35.9 Å². The first-order valence-electron chi connectivity index (χ1n) is 7.27. The monoisotopic (exact) mass is 325 g/mol. The molecule has 0 radical (unpaired) electrons. The summed E-state index contributed by atoms with van der Waals surface area (Å²) in [5, 5.41) is 6.37. The van der Waals surface area contributed by atoms with Crippen LogP contribution in [0.2, 0.25) is 0 Å². The standard InChI is InChI=1S/C17H15N3O4/c21-16(10-18-17(22)13-4-2-1-3-5-13)20-19-9-12-6-7-14-15(8-12)24-11-23-14/h1-9H,10-11H2,(H,18,22)(H,20,21)/b19-9+. The van der Waals surface area contributed by atoms with Crippen LogP contribution in [0.1, 0.15) is 15.9 Å². The molecule has 0 saturated carbocycles. The Morgan fingerprint density at radius 2 is 1.88 bits per heavy atom. The second kappa shape index (κ2) is 7.28. The van der Waals surface area contributed by atoms with E-state index in [1.807, 2.05) is 6.07 Å². The quantitative estimate of drug-likeness (QED) is 0.640. The minimum absolute atomic E-state index is 0.161. The number of rotatable bonds is 5. The van der Waals surface area contributed by atoms with Gasteiger partial charge in [0.15, 0.2) is 11.5 Å². The molecule has 0 bridgehead atoms. The summed E-state index contributed by atoms with van der Waals surface area (Å²) < 4.78 is 10.5. The zero-order valence-corrected chi connectivity index (χ0v) is 12.7. The number of hydrogen-bond donors (Lipinski definition) is 2. The molecule has 0 fully saturated rings. The van der Waals surface area contributed by atoms with Gasteiger partial charge in [-0.1, -0.05) is 18.2 Å². The van der Waals surface area contributed by atoms with E-state index in [1.165, 1.54) is 6.21 Å². The van der Waals surface area contributed by atoms with Gasteiger partial charge >= 0.3 is 0 Å². The van der Waals surface area contributed by atoms with Crippen molar-refractivity contribution in [1.29, 1.82) is 0 Å². The second-order valence-corrected chi connectivity index (χ2v) is 4.95. The molecule has 7 heteroatoms. The first-order valence-corrected chi connectivity index (χ1v) is 7.27. The van der Waals surface area contributed by atoms with Crippen molar-refractivity contribution in [2.24, 2.45) is 5.10 Å². The maximum atomic E-state index is 11.8. The highest BCUT2D eigenvalue weighted by molar-refractivity contribution is 5.96. The van der Waals surface area contributed by atoms with Crippen molar-refractivity contribution in [1.82, 2.24) is 10.7 Å². The van der Waals surface area contributed by atoms with Gasteiger partial charge in [0.25, 0.3) is 11.8 Å². The van der Waals surface area contributed by atoms with Crippen LogP contribution in [-0.4, -0.2) is 31.4 Å². The van der Waals surface area contributed by atoms with Gasteiger partial charge in [0, 0.05) is 5.56 Å². The van der Waals surface area contributed by atoms with Crippen molar-refractivity contribution in [3.63, 3.8) is 0 Å². The summed E-state index contributed by atoms with van der Waals surface area (Å²) in [4.78, 5) is 23.5. The van der Waals surface area contributed by atoms with Crippen LogP contribution < -0.4 is 20.2 Å². The molecule has 7 nitrogen and oxygen atoms in total. The Hall–Kier alpha value is -3.35. The van der Waals surface area contributed by atoms with Gasteiger partial charge in [0.1, 0.15) is 0 Å². The summed E-state index contributed by atoms with van der Waals surface area (Å²) in [5.41, 5.74) is 3.60. The maximum Gasteiger partial charge on any atom is 0.259 e. The number of nitrogens with one attached hydrogen (secondary N) is 2. The summed E-state index contributed by atoms with van der Waals surface area (Å²) in [7, 11) is 0. The van der Waals surface area contributed by atoms with Crippen LogP contribution in [0.15, 0.2) is 53.6 Å². The number of hydrazone groups is 1. The zero-order chi connectivity index (χ0) is 16.8. The minimum atomic E-state index is -0.420. The lowest BCUT2D eigenvalue weighted by atomic mass is 10.2. The van der Waals surface area contributed by atoms with Gasteiger partial charge in [-0.25, -0.2) is 5.43 Å². The molecular formula is C17H15N3O4. The summed E-state index contributed by atoms with van der Waals surface area (Å²) >= 11 is 0. The average molecular weight is 325 g/mol. The third-order valence-corrected chi connectivity index (χ3v) is 3.24. The van der Waals surface area contributed by atoms with Crippen molar-refractivity contribution in [2.75, 3.05) is 13.3 Å². The minimum Gasteiger partial charge on any atom is -0.454 e. The van der Waals surface area contributed by atoms with Gasteiger partial charge in [-0.3, -0.25) is 9.59 Å². The van der Waals surface area contributed by atoms with Crippen LogP contribution in [-0.2, 0) is 4.79 Å².